The van der Waals surface area contributed by atoms with Gasteiger partial charge in [-0.1, -0.05) is 71.9 Å². The first-order chi connectivity index (χ1) is 15.1. The van der Waals surface area contributed by atoms with Crippen LogP contribution < -0.4 is 11.0 Å². The first-order valence-corrected chi connectivity index (χ1v) is 10.8. The van der Waals surface area contributed by atoms with Gasteiger partial charge in [-0.15, -0.1) is 0 Å². The fourth-order valence-electron chi connectivity index (χ4n) is 2.93. The fourth-order valence-corrected chi connectivity index (χ4v) is 3.92. The summed E-state index contributed by atoms with van der Waals surface area (Å²) < 4.78 is 1.52. The molecule has 4 rings (SSSR count). The lowest BCUT2D eigenvalue weighted by molar-refractivity contribution is -0.118. The van der Waals surface area contributed by atoms with Crippen LogP contribution in [0.15, 0.2) is 93.9 Å². The predicted molar refractivity (Wildman–Crippen MR) is 125 cm³/mol. The summed E-state index contributed by atoms with van der Waals surface area (Å²) in [4.78, 5) is 30.0. The maximum Gasteiger partial charge on any atom is 0.266 e. The van der Waals surface area contributed by atoms with Crippen molar-refractivity contribution < 1.29 is 4.79 Å². The predicted octanol–water partition coefficient (Wildman–Crippen LogP) is 4.28. The molecular formula is C23H17ClN4O2S. The van der Waals surface area contributed by atoms with E-state index in [-0.39, 0.29) is 17.2 Å². The second kappa shape index (κ2) is 9.59. The number of nitrogens with one attached hydrogen (secondary N) is 1. The van der Waals surface area contributed by atoms with Crippen molar-refractivity contribution in [2.45, 2.75) is 5.16 Å². The Hall–Kier alpha value is -3.42. The van der Waals surface area contributed by atoms with Crippen LogP contribution in [0.3, 0.4) is 0 Å². The molecule has 0 aliphatic heterocycles. The Kier molecular flexibility index (Phi) is 6.45. The van der Waals surface area contributed by atoms with Crippen LogP contribution in [0.25, 0.3) is 16.6 Å². The summed E-state index contributed by atoms with van der Waals surface area (Å²) in [5.41, 5.74) is 4.26. The summed E-state index contributed by atoms with van der Waals surface area (Å²) in [7, 11) is 0. The average Bonchev–Trinajstić information content (AvgIpc) is 2.80. The van der Waals surface area contributed by atoms with E-state index in [2.05, 4.69) is 15.5 Å². The van der Waals surface area contributed by atoms with Crippen LogP contribution in [0.1, 0.15) is 5.56 Å². The first kappa shape index (κ1) is 20.8. The van der Waals surface area contributed by atoms with Gasteiger partial charge in [-0.3, -0.25) is 14.2 Å². The molecule has 1 aromatic heterocycles. The zero-order valence-corrected chi connectivity index (χ0v) is 17.8. The second-order valence-electron chi connectivity index (χ2n) is 6.49. The Balaban J connectivity index is 1.56. The van der Waals surface area contributed by atoms with Crippen LogP contribution in [0.4, 0.5) is 0 Å². The van der Waals surface area contributed by atoms with Gasteiger partial charge in [-0.2, -0.15) is 5.10 Å². The lowest BCUT2D eigenvalue weighted by atomic mass is 10.2. The van der Waals surface area contributed by atoms with E-state index in [1.54, 1.807) is 30.3 Å². The minimum Gasteiger partial charge on any atom is -0.272 e. The molecular weight excluding hydrogens is 432 g/mol. The van der Waals surface area contributed by atoms with Crippen molar-refractivity contribution in [3.05, 3.63) is 99.8 Å². The molecule has 4 aromatic rings. The van der Waals surface area contributed by atoms with Gasteiger partial charge in [0.2, 0.25) is 0 Å². The number of benzene rings is 3. The molecule has 1 amide bonds. The summed E-state index contributed by atoms with van der Waals surface area (Å²) in [6.45, 7) is 0. The van der Waals surface area contributed by atoms with Crippen molar-refractivity contribution in [3.63, 3.8) is 0 Å². The number of hydrogen-bond acceptors (Lipinski definition) is 5. The standard InChI is InChI=1S/C23H17ClN4O2S/c24-19-12-6-4-8-16(19)14-25-27-21(29)15-31-23-26-20-13-7-5-11-18(20)22(30)28(23)17-9-2-1-3-10-17/h1-14H,15H2,(H,27,29)/b25-14+. The molecule has 0 aliphatic carbocycles. The van der Waals surface area contributed by atoms with Crippen molar-refractivity contribution in [1.82, 2.24) is 15.0 Å². The summed E-state index contributed by atoms with van der Waals surface area (Å²) in [6, 6.07) is 23.6. The van der Waals surface area contributed by atoms with E-state index < -0.39 is 0 Å². The maximum atomic E-state index is 13.1. The molecule has 0 saturated carbocycles. The van der Waals surface area contributed by atoms with Crippen molar-refractivity contribution in [2.75, 3.05) is 5.75 Å². The van der Waals surface area contributed by atoms with Gasteiger partial charge in [0.1, 0.15) is 0 Å². The van der Waals surface area contributed by atoms with Crippen LogP contribution in [0.5, 0.6) is 0 Å². The molecule has 3 aromatic carbocycles. The summed E-state index contributed by atoms with van der Waals surface area (Å²) >= 11 is 7.24. The Morgan fingerprint density at radius 3 is 2.55 bits per heavy atom. The number of thioether (sulfide) groups is 1. The van der Waals surface area contributed by atoms with Crippen LogP contribution in [-0.2, 0) is 4.79 Å². The zero-order chi connectivity index (χ0) is 21.6. The van der Waals surface area contributed by atoms with Gasteiger partial charge in [0.15, 0.2) is 5.16 Å². The zero-order valence-electron chi connectivity index (χ0n) is 16.2. The Labute approximate surface area is 187 Å². The molecule has 0 atom stereocenters. The third kappa shape index (κ3) is 4.84. The number of carbonyl (C=O) groups excluding carboxylic acids is 1. The lowest BCUT2D eigenvalue weighted by Gasteiger charge is -2.12. The molecule has 1 heterocycles. The van der Waals surface area contributed by atoms with E-state index in [0.29, 0.717) is 32.3 Å². The smallest absolute Gasteiger partial charge is 0.266 e. The molecule has 0 radical (unpaired) electrons. The monoisotopic (exact) mass is 448 g/mol. The highest BCUT2D eigenvalue weighted by Crippen LogP contribution is 2.21. The number of hydrogen-bond donors (Lipinski definition) is 1. The lowest BCUT2D eigenvalue weighted by Crippen LogP contribution is -2.24. The first-order valence-electron chi connectivity index (χ1n) is 9.40. The van der Waals surface area contributed by atoms with E-state index in [0.717, 1.165) is 0 Å². The van der Waals surface area contributed by atoms with Crippen molar-refractivity contribution in [1.29, 1.82) is 0 Å². The number of fused-ring (bicyclic) bond motifs is 1. The number of hydrazone groups is 1. The van der Waals surface area contributed by atoms with E-state index in [9.17, 15) is 9.59 Å². The molecule has 31 heavy (non-hydrogen) atoms. The largest absolute Gasteiger partial charge is 0.272 e. The minimum atomic E-state index is -0.324. The number of halogens is 1. The third-order valence-electron chi connectivity index (χ3n) is 4.39. The van der Waals surface area contributed by atoms with Gasteiger partial charge in [0.05, 0.1) is 28.6 Å². The molecule has 0 saturated heterocycles. The van der Waals surface area contributed by atoms with Gasteiger partial charge >= 0.3 is 0 Å². The molecule has 0 unspecified atom stereocenters. The van der Waals surface area contributed by atoms with E-state index in [1.165, 1.54) is 22.5 Å². The van der Waals surface area contributed by atoms with E-state index in [1.807, 2.05) is 48.5 Å². The third-order valence-corrected chi connectivity index (χ3v) is 5.67. The summed E-state index contributed by atoms with van der Waals surface area (Å²) in [5.74, 6) is -0.285. The van der Waals surface area contributed by atoms with E-state index >= 15 is 0 Å². The molecule has 8 heteroatoms. The van der Waals surface area contributed by atoms with Gasteiger partial charge < -0.3 is 0 Å². The Morgan fingerprint density at radius 1 is 1.03 bits per heavy atom. The van der Waals surface area contributed by atoms with Gasteiger partial charge in [0, 0.05) is 10.6 Å². The quantitative estimate of drug-likeness (QED) is 0.207. The van der Waals surface area contributed by atoms with Crippen LogP contribution in [0, 0.1) is 0 Å². The molecule has 1 N–H and O–H groups in total. The van der Waals surface area contributed by atoms with Crippen molar-refractivity contribution in [3.8, 4) is 5.69 Å². The number of aromatic nitrogens is 2. The SMILES string of the molecule is O=C(CSc1nc2ccccc2c(=O)n1-c1ccccc1)N/N=C/c1ccccc1Cl. The highest BCUT2D eigenvalue weighted by atomic mass is 35.5. The molecule has 154 valence electrons. The summed E-state index contributed by atoms with van der Waals surface area (Å²) in [5, 5.41) is 5.44. The van der Waals surface area contributed by atoms with Crippen LogP contribution >= 0.6 is 23.4 Å². The van der Waals surface area contributed by atoms with Crippen LogP contribution in [-0.4, -0.2) is 27.4 Å². The minimum absolute atomic E-state index is 0.0392. The number of rotatable bonds is 6. The fraction of sp³-hybridized carbons (Fsp3) is 0.0435. The average molecular weight is 449 g/mol. The normalized spacial score (nSPS) is 11.1. The van der Waals surface area contributed by atoms with Crippen LogP contribution in [0.2, 0.25) is 5.02 Å². The second-order valence-corrected chi connectivity index (χ2v) is 7.84. The number of nitrogens with zero attached hydrogens (tertiary/aromatic N) is 3. The van der Waals surface area contributed by atoms with Gasteiger partial charge in [-0.25, -0.2) is 10.4 Å². The molecule has 0 bridgehead atoms. The molecule has 6 nitrogen and oxygen atoms in total. The van der Waals surface area contributed by atoms with Crippen molar-refractivity contribution in [2.24, 2.45) is 5.10 Å². The molecule has 0 fully saturated rings. The van der Waals surface area contributed by atoms with Gasteiger partial charge in [-0.05, 0) is 30.3 Å². The number of para-hydroxylation sites is 2. The highest BCUT2D eigenvalue weighted by Gasteiger charge is 2.14. The highest BCUT2D eigenvalue weighted by molar-refractivity contribution is 7.99. The number of carbonyl (C=O) groups is 1. The Morgan fingerprint density at radius 2 is 1.74 bits per heavy atom. The Bertz CT molecular complexity index is 1320. The topological polar surface area (TPSA) is 76.3 Å². The van der Waals surface area contributed by atoms with Gasteiger partial charge in [0.25, 0.3) is 11.5 Å². The maximum absolute atomic E-state index is 13.1. The molecule has 0 aliphatic rings. The number of amides is 1. The summed E-state index contributed by atoms with van der Waals surface area (Å²) in [6.07, 6.45) is 1.49. The van der Waals surface area contributed by atoms with E-state index in [4.69, 9.17) is 11.6 Å². The molecule has 0 spiro atoms. The van der Waals surface area contributed by atoms with Crippen molar-refractivity contribution >= 4 is 46.4 Å².